The van der Waals surface area contributed by atoms with Gasteiger partial charge in [0, 0.05) is 16.1 Å². The van der Waals surface area contributed by atoms with Gasteiger partial charge in [0.15, 0.2) is 0 Å². The van der Waals surface area contributed by atoms with Crippen LogP contribution < -0.4 is 5.73 Å². The molecule has 1 aliphatic carbocycles. The van der Waals surface area contributed by atoms with E-state index >= 15 is 0 Å². The molecule has 1 nitrogen and oxygen atoms in total. The van der Waals surface area contributed by atoms with Gasteiger partial charge < -0.3 is 5.73 Å². The van der Waals surface area contributed by atoms with Gasteiger partial charge in [-0.05, 0) is 18.6 Å². The maximum Gasteiger partial charge on any atom is 0.0322 e. The molecule has 2 N–H and O–H groups in total. The van der Waals surface area contributed by atoms with Crippen molar-refractivity contribution in [3.05, 3.63) is 34.5 Å². The van der Waals surface area contributed by atoms with E-state index in [0.717, 1.165) is 12.1 Å². The second-order valence-corrected chi connectivity index (χ2v) is 3.51. The summed E-state index contributed by atoms with van der Waals surface area (Å²) >= 11 is 3.49. The van der Waals surface area contributed by atoms with E-state index in [1.165, 1.54) is 4.48 Å². The fourth-order valence-corrected chi connectivity index (χ4v) is 1.78. The van der Waals surface area contributed by atoms with Crippen LogP contribution in [0.25, 0.3) is 0 Å². The maximum absolute atomic E-state index is 5.65. The summed E-state index contributed by atoms with van der Waals surface area (Å²) in [6.45, 7) is 2.16. The first-order valence-electron chi connectivity index (χ1n) is 3.75. The van der Waals surface area contributed by atoms with Crippen LogP contribution >= 0.6 is 15.9 Å². The molecule has 11 heavy (non-hydrogen) atoms. The number of rotatable bonds is 1. The molecule has 0 aliphatic heterocycles. The summed E-state index contributed by atoms with van der Waals surface area (Å²) in [6, 6.07) is 0. The van der Waals surface area contributed by atoms with Gasteiger partial charge in [0.25, 0.3) is 0 Å². The molecule has 2 heteroatoms. The van der Waals surface area contributed by atoms with E-state index in [1.807, 2.05) is 18.2 Å². The lowest BCUT2D eigenvalue weighted by atomic mass is 10.1. The van der Waals surface area contributed by atoms with E-state index in [-0.39, 0.29) is 0 Å². The van der Waals surface area contributed by atoms with E-state index < -0.39 is 0 Å². The second kappa shape index (κ2) is 3.77. The molecule has 0 heterocycles. The van der Waals surface area contributed by atoms with Gasteiger partial charge in [-0.1, -0.05) is 35.0 Å². The second-order valence-electron chi connectivity index (χ2n) is 2.60. The predicted octanol–water partition coefficient (Wildman–Crippen LogP) is 2.70. The number of allylic oxidation sites excluding steroid dienone is 5. The van der Waals surface area contributed by atoms with Gasteiger partial charge in [0.1, 0.15) is 0 Å². The van der Waals surface area contributed by atoms with Crippen LogP contribution in [0.15, 0.2) is 34.5 Å². The molecule has 1 atom stereocenters. The monoisotopic (exact) mass is 213 g/mol. The minimum Gasteiger partial charge on any atom is -0.399 e. The van der Waals surface area contributed by atoms with E-state index in [9.17, 15) is 0 Å². The molecule has 0 spiro atoms. The molecule has 0 aromatic rings. The molecule has 1 aliphatic rings. The Bertz CT molecular complexity index is 226. The van der Waals surface area contributed by atoms with Crippen LogP contribution in [-0.4, -0.2) is 0 Å². The van der Waals surface area contributed by atoms with E-state index in [4.69, 9.17) is 5.73 Å². The standard InChI is InChI=1S/C9H12BrN/c1-2-7-4-3-5-8(11)6-9(7)10/h3-7H,2,11H2,1H3. The van der Waals surface area contributed by atoms with Crippen LogP contribution in [0.5, 0.6) is 0 Å². The Morgan fingerprint density at radius 2 is 2.36 bits per heavy atom. The Labute approximate surface area is 75.8 Å². The van der Waals surface area contributed by atoms with Crippen LogP contribution in [0, 0.1) is 5.92 Å². The summed E-state index contributed by atoms with van der Waals surface area (Å²) in [5.41, 5.74) is 6.45. The van der Waals surface area contributed by atoms with Crippen LogP contribution in [0.4, 0.5) is 0 Å². The quantitative estimate of drug-likeness (QED) is 0.713. The molecule has 0 fully saturated rings. The lowest BCUT2D eigenvalue weighted by molar-refractivity contribution is 0.766. The minimum absolute atomic E-state index is 0.493. The minimum atomic E-state index is 0.493. The fraction of sp³-hybridized carbons (Fsp3) is 0.333. The van der Waals surface area contributed by atoms with Gasteiger partial charge >= 0.3 is 0 Å². The third-order valence-electron chi connectivity index (χ3n) is 1.73. The number of nitrogens with two attached hydrogens (primary N) is 1. The first-order chi connectivity index (χ1) is 5.24. The summed E-state index contributed by atoms with van der Waals surface area (Å²) in [5, 5.41) is 0. The molecular formula is C9H12BrN. The smallest absolute Gasteiger partial charge is 0.0322 e. The largest absolute Gasteiger partial charge is 0.399 e. The number of halogens is 1. The summed E-state index contributed by atoms with van der Waals surface area (Å²) in [7, 11) is 0. The summed E-state index contributed by atoms with van der Waals surface area (Å²) in [6.07, 6.45) is 9.15. The Balaban J connectivity index is 2.85. The zero-order valence-corrected chi connectivity index (χ0v) is 8.14. The highest BCUT2D eigenvalue weighted by Crippen LogP contribution is 2.25. The maximum atomic E-state index is 5.65. The molecule has 60 valence electrons. The van der Waals surface area contributed by atoms with Crippen molar-refractivity contribution in [2.75, 3.05) is 0 Å². The van der Waals surface area contributed by atoms with E-state index in [2.05, 4.69) is 28.9 Å². The van der Waals surface area contributed by atoms with Gasteiger partial charge in [-0.25, -0.2) is 0 Å². The molecular weight excluding hydrogens is 202 g/mol. The number of hydrogen-bond donors (Lipinski definition) is 1. The Morgan fingerprint density at radius 1 is 1.64 bits per heavy atom. The van der Waals surface area contributed by atoms with Crippen molar-refractivity contribution in [3.8, 4) is 0 Å². The third-order valence-corrected chi connectivity index (χ3v) is 2.55. The Kier molecular flexibility index (Phi) is 2.94. The molecule has 0 amide bonds. The predicted molar refractivity (Wildman–Crippen MR) is 52.2 cm³/mol. The normalized spacial score (nSPS) is 24.0. The van der Waals surface area contributed by atoms with Crippen molar-refractivity contribution < 1.29 is 0 Å². The molecule has 0 bridgehead atoms. The van der Waals surface area contributed by atoms with Gasteiger partial charge in [-0.2, -0.15) is 0 Å². The fourth-order valence-electron chi connectivity index (χ4n) is 1.04. The topological polar surface area (TPSA) is 26.0 Å². The summed E-state index contributed by atoms with van der Waals surface area (Å²) < 4.78 is 1.17. The van der Waals surface area contributed by atoms with Gasteiger partial charge in [0.05, 0.1) is 0 Å². The van der Waals surface area contributed by atoms with Gasteiger partial charge in [0.2, 0.25) is 0 Å². The first-order valence-corrected chi connectivity index (χ1v) is 4.54. The average molecular weight is 214 g/mol. The first kappa shape index (κ1) is 8.60. The van der Waals surface area contributed by atoms with E-state index in [1.54, 1.807) is 0 Å². The molecule has 1 rings (SSSR count). The molecule has 0 aromatic carbocycles. The lowest BCUT2D eigenvalue weighted by Crippen LogP contribution is -1.95. The van der Waals surface area contributed by atoms with Gasteiger partial charge in [-0.15, -0.1) is 0 Å². The summed E-state index contributed by atoms with van der Waals surface area (Å²) in [4.78, 5) is 0. The van der Waals surface area contributed by atoms with Crippen LogP contribution in [0.1, 0.15) is 13.3 Å². The lowest BCUT2D eigenvalue weighted by Gasteiger charge is -2.06. The van der Waals surface area contributed by atoms with Crippen molar-refractivity contribution in [2.45, 2.75) is 13.3 Å². The Morgan fingerprint density at radius 3 is 3.00 bits per heavy atom. The van der Waals surface area contributed by atoms with Crippen molar-refractivity contribution in [2.24, 2.45) is 11.7 Å². The summed E-state index contributed by atoms with van der Waals surface area (Å²) in [5.74, 6) is 0.493. The van der Waals surface area contributed by atoms with Crippen molar-refractivity contribution in [1.29, 1.82) is 0 Å². The third kappa shape index (κ3) is 2.22. The highest BCUT2D eigenvalue weighted by Gasteiger charge is 2.07. The van der Waals surface area contributed by atoms with Crippen molar-refractivity contribution in [1.82, 2.24) is 0 Å². The van der Waals surface area contributed by atoms with Crippen LogP contribution in [0.3, 0.4) is 0 Å². The molecule has 0 saturated heterocycles. The van der Waals surface area contributed by atoms with Crippen molar-refractivity contribution >= 4 is 15.9 Å². The average Bonchev–Trinajstić information content (AvgIpc) is 2.11. The zero-order valence-electron chi connectivity index (χ0n) is 6.55. The van der Waals surface area contributed by atoms with Crippen molar-refractivity contribution in [3.63, 3.8) is 0 Å². The Hall–Kier alpha value is -0.500. The van der Waals surface area contributed by atoms with Crippen LogP contribution in [-0.2, 0) is 0 Å². The van der Waals surface area contributed by atoms with E-state index in [0.29, 0.717) is 5.92 Å². The van der Waals surface area contributed by atoms with Crippen LogP contribution in [0.2, 0.25) is 0 Å². The molecule has 0 saturated carbocycles. The molecule has 0 radical (unpaired) electrons. The zero-order chi connectivity index (χ0) is 8.27. The SMILES string of the molecule is CCC1C=CC=C(N)C=C1Br. The highest BCUT2D eigenvalue weighted by molar-refractivity contribution is 9.11. The number of hydrogen-bond acceptors (Lipinski definition) is 1. The molecule has 1 unspecified atom stereocenters. The molecule has 0 aromatic heterocycles. The highest BCUT2D eigenvalue weighted by atomic mass is 79.9. The van der Waals surface area contributed by atoms with Gasteiger partial charge in [-0.3, -0.25) is 0 Å².